The highest BCUT2D eigenvalue weighted by molar-refractivity contribution is 8.07. The third-order valence-electron chi connectivity index (χ3n) is 3.77. The quantitative estimate of drug-likeness (QED) is 0.619. The van der Waals surface area contributed by atoms with Crippen molar-refractivity contribution in [2.45, 2.75) is 29.9 Å². The molecule has 3 atom stereocenters. The van der Waals surface area contributed by atoms with Gasteiger partial charge in [0, 0.05) is 22.0 Å². The first-order chi connectivity index (χ1) is 10.2. The van der Waals surface area contributed by atoms with Crippen LogP contribution in [0.25, 0.3) is 0 Å². The van der Waals surface area contributed by atoms with Crippen LogP contribution in [-0.2, 0) is 0 Å². The normalized spacial score (nSPS) is 23.6. The molecule has 0 aliphatic carbocycles. The van der Waals surface area contributed by atoms with Crippen LogP contribution in [-0.4, -0.2) is 36.2 Å². The van der Waals surface area contributed by atoms with E-state index in [0.29, 0.717) is 10.5 Å². The van der Waals surface area contributed by atoms with E-state index in [1.807, 2.05) is 23.9 Å². The Bertz CT molecular complexity index is 459. The maximum Gasteiger partial charge on any atom is 0.161 e. The van der Waals surface area contributed by atoms with E-state index < -0.39 is 0 Å². The van der Waals surface area contributed by atoms with Crippen molar-refractivity contribution < 1.29 is 9.47 Å². The Hall–Kier alpha value is -0.560. The van der Waals surface area contributed by atoms with Gasteiger partial charge in [-0.2, -0.15) is 23.5 Å². The van der Waals surface area contributed by atoms with Crippen LogP contribution in [0.4, 0.5) is 0 Å². The highest BCUT2D eigenvalue weighted by Gasteiger charge is 2.32. The molecule has 0 bridgehead atoms. The monoisotopic (exact) mass is 328 g/mol. The zero-order valence-electron chi connectivity index (χ0n) is 12.8. The summed E-state index contributed by atoms with van der Waals surface area (Å²) in [6.45, 7) is 2.25. The van der Waals surface area contributed by atoms with E-state index >= 15 is 0 Å². The van der Waals surface area contributed by atoms with Gasteiger partial charge in [-0.15, -0.1) is 0 Å². The second-order valence-electron chi connectivity index (χ2n) is 4.91. The predicted octanol–water partition coefficient (Wildman–Crippen LogP) is 2.84. The van der Waals surface area contributed by atoms with Crippen LogP contribution >= 0.6 is 23.5 Å². The van der Waals surface area contributed by atoms with Crippen molar-refractivity contribution in [1.29, 1.82) is 0 Å². The number of hydrogen-bond donors (Lipinski definition) is 2. The lowest BCUT2D eigenvalue weighted by Crippen LogP contribution is -2.41. The summed E-state index contributed by atoms with van der Waals surface area (Å²) < 4.78 is 10.7. The van der Waals surface area contributed by atoms with Gasteiger partial charge in [-0.3, -0.25) is 11.3 Å². The van der Waals surface area contributed by atoms with Gasteiger partial charge in [0.05, 0.1) is 20.3 Å². The molecule has 0 aromatic heterocycles. The van der Waals surface area contributed by atoms with E-state index in [4.69, 9.17) is 15.3 Å². The number of ether oxygens (including phenoxy) is 2. The third-order valence-corrected chi connectivity index (χ3v) is 7.12. The van der Waals surface area contributed by atoms with Crippen LogP contribution in [0.5, 0.6) is 11.5 Å². The van der Waals surface area contributed by atoms with Crippen molar-refractivity contribution in [1.82, 2.24) is 5.43 Å². The average molecular weight is 329 g/mol. The van der Waals surface area contributed by atoms with Crippen LogP contribution in [0.2, 0.25) is 0 Å². The minimum Gasteiger partial charge on any atom is -0.493 e. The van der Waals surface area contributed by atoms with Crippen molar-refractivity contribution in [2.24, 2.45) is 5.84 Å². The van der Waals surface area contributed by atoms with Crippen molar-refractivity contribution in [2.75, 3.05) is 25.7 Å². The number of benzene rings is 1. The van der Waals surface area contributed by atoms with E-state index in [1.54, 1.807) is 14.2 Å². The molecule has 0 radical (unpaired) electrons. The van der Waals surface area contributed by atoms with Gasteiger partial charge in [0.25, 0.3) is 0 Å². The average Bonchev–Trinajstić information content (AvgIpc) is 2.55. The number of rotatable bonds is 6. The molecule has 3 unspecified atom stereocenters. The van der Waals surface area contributed by atoms with E-state index in [-0.39, 0.29) is 6.04 Å². The van der Waals surface area contributed by atoms with E-state index in [9.17, 15) is 0 Å². The minimum atomic E-state index is 0.118. The number of thioether (sulfide) groups is 2. The molecule has 3 N–H and O–H groups in total. The van der Waals surface area contributed by atoms with Crippen LogP contribution in [0, 0.1) is 0 Å². The summed E-state index contributed by atoms with van der Waals surface area (Å²) in [7, 11) is 3.31. The maximum atomic E-state index is 5.87. The lowest BCUT2D eigenvalue weighted by Gasteiger charge is -2.36. The molecule has 1 saturated heterocycles. The van der Waals surface area contributed by atoms with Gasteiger partial charge in [0.15, 0.2) is 11.5 Å². The molecule has 1 aliphatic heterocycles. The number of nitrogens with two attached hydrogens (primary N) is 1. The molecule has 118 valence electrons. The summed E-state index contributed by atoms with van der Waals surface area (Å²) in [4.78, 5) is 0. The number of nitrogens with one attached hydrogen (secondary N) is 1. The van der Waals surface area contributed by atoms with Crippen molar-refractivity contribution >= 4 is 23.5 Å². The van der Waals surface area contributed by atoms with Crippen LogP contribution in [0.15, 0.2) is 18.2 Å². The molecule has 1 aromatic carbocycles. The summed E-state index contributed by atoms with van der Waals surface area (Å²) >= 11 is 4.07. The molecule has 1 aliphatic rings. The molecule has 6 heteroatoms. The third kappa shape index (κ3) is 3.80. The van der Waals surface area contributed by atoms with Gasteiger partial charge in [-0.05, 0) is 24.1 Å². The molecular weight excluding hydrogens is 304 g/mol. The second-order valence-corrected chi connectivity index (χ2v) is 7.54. The Balaban J connectivity index is 2.27. The van der Waals surface area contributed by atoms with Gasteiger partial charge in [0.1, 0.15) is 0 Å². The predicted molar refractivity (Wildman–Crippen MR) is 92.4 cm³/mol. The molecule has 1 aromatic rings. The SMILES string of the molecule is CCC1SCCSC1C(NN)c1ccc(OC)c(OC)c1. The lowest BCUT2D eigenvalue weighted by atomic mass is 10.00. The van der Waals surface area contributed by atoms with Crippen LogP contribution in [0.1, 0.15) is 24.9 Å². The Morgan fingerprint density at radius 2 is 1.95 bits per heavy atom. The van der Waals surface area contributed by atoms with E-state index in [2.05, 4.69) is 30.2 Å². The molecule has 4 nitrogen and oxygen atoms in total. The smallest absolute Gasteiger partial charge is 0.161 e. The van der Waals surface area contributed by atoms with Crippen LogP contribution < -0.4 is 20.7 Å². The maximum absolute atomic E-state index is 5.87. The fourth-order valence-electron chi connectivity index (χ4n) is 2.67. The fourth-order valence-corrected chi connectivity index (χ4v) is 5.91. The molecule has 0 spiro atoms. The number of hydrogen-bond acceptors (Lipinski definition) is 6. The van der Waals surface area contributed by atoms with Gasteiger partial charge >= 0.3 is 0 Å². The number of methoxy groups -OCH3 is 2. The van der Waals surface area contributed by atoms with Gasteiger partial charge in [0.2, 0.25) is 0 Å². The molecular formula is C15H24N2O2S2. The van der Waals surface area contributed by atoms with Gasteiger partial charge in [-0.1, -0.05) is 13.0 Å². The highest BCUT2D eigenvalue weighted by atomic mass is 32.2. The molecule has 2 rings (SSSR count). The summed E-state index contributed by atoms with van der Waals surface area (Å²) in [5, 5.41) is 1.09. The summed E-state index contributed by atoms with van der Waals surface area (Å²) in [5.74, 6) is 9.77. The lowest BCUT2D eigenvalue weighted by molar-refractivity contribution is 0.353. The largest absolute Gasteiger partial charge is 0.493 e. The fraction of sp³-hybridized carbons (Fsp3) is 0.600. The standard InChI is InChI=1S/C15H24N2O2S2/c1-4-13-15(21-8-7-20-13)14(17-16)10-5-6-11(18-2)12(9-10)19-3/h5-6,9,13-15,17H,4,7-8,16H2,1-3H3. The Labute approximate surface area is 135 Å². The van der Waals surface area contributed by atoms with Crippen LogP contribution in [0.3, 0.4) is 0 Å². The molecule has 0 saturated carbocycles. The molecule has 1 fully saturated rings. The first-order valence-corrected chi connectivity index (χ1v) is 9.26. The van der Waals surface area contributed by atoms with Crippen molar-refractivity contribution in [3.8, 4) is 11.5 Å². The molecule has 21 heavy (non-hydrogen) atoms. The second kappa shape index (κ2) is 8.17. The Morgan fingerprint density at radius 1 is 1.24 bits per heavy atom. The van der Waals surface area contributed by atoms with E-state index in [0.717, 1.165) is 23.5 Å². The summed E-state index contributed by atoms with van der Waals surface area (Å²) in [6.07, 6.45) is 1.16. The van der Waals surface area contributed by atoms with Gasteiger partial charge in [-0.25, -0.2) is 0 Å². The summed E-state index contributed by atoms with van der Waals surface area (Å²) in [5.41, 5.74) is 4.16. The highest BCUT2D eigenvalue weighted by Crippen LogP contribution is 2.41. The first-order valence-electron chi connectivity index (χ1n) is 7.16. The van der Waals surface area contributed by atoms with Crippen molar-refractivity contribution in [3.63, 3.8) is 0 Å². The Morgan fingerprint density at radius 3 is 2.57 bits per heavy atom. The zero-order chi connectivity index (χ0) is 15.2. The topological polar surface area (TPSA) is 56.5 Å². The minimum absolute atomic E-state index is 0.118. The zero-order valence-corrected chi connectivity index (χ0v) is 14.4. The van der Waals surface area contributed by atoms with E-state index in [1.165, 1.54) is 11.5 Å². The van der Waals surface area contributed by atoms with Gasteiger partial charge < -0.3 is 9.47 Å². The first kappa shape index (κ1) is 16.8. The molecule has 1 heterocycles. The number of hydrazine groups is 1. The summed E-state index contributed by atoms with van der Waals surface area (Å²) in [6, 6.07) is 6.15. The molecule has 0 amide bonds. The van der Waals surface area contributed by atoms with Crippen molar-refractivity contribution in [3.05, 3.63) is 23.8 Å². The Kier molecular flexibility index (Phi) is 6.54.